The number of alkyl carbamates (subject to hydrolysis) is 1. The van der Waals surface area contributed by atoms with Crippen LogP contribution in [0.15, 0.2) is 0 Å². The molecule has 0 aromatic heterocycles. The molecule has 3 N–H and O–H groups in total. The fourth-order valence-corrected chi connectivity index (χ4v) is 4.44. The number of hydrogen-bond donors (Lipinski definition) is 2. The lowest BCUT2D eigenvalue weighted by atomic mass is 9.94. The molecule has 1 amide bonds. The van der Waals surface area contributed by atoms with E-state index in [0.29, 0.717) is 6.42 Å². The molecule has 4 atom stereocenters. The third kappa shape index (κ3) is 2.49. The number of ketones is 1. The van der Waals surface area contributed by atoms with Crippen LogP contribution in [0, 0.1) is 5.92 Å². The van der Waals surface area contributed by atoms with E-state index in [2.05, 4.69) is 27.9 Å². The van der Waals surface area contributed by atoms with Crippen LogP contribution >= 0.6 is 22.6 Å². The van der Waals surface area contributed by atoms with Gasteiger partial charge in [0.1, 0.15) is 11.4 Å². The maximum absolute atomic E-state index is 11.8. The van der Waals surface area contributed by atoms with Gasteiger partial charge in [-0.3, -0.25) is 4.79 Å². The van der Waals surface area contributed by atoms with Gasteiger partial charge < -0.3 is 15.8 Å². The number of amides is 1. The van der Waals surface area contributed by atoms with Gasteiger partial charge in [-0.05, 0) is 40.5 Å². The van der Waals surface area contributed by atoms with E-state index >= 15 is 0 Å². The van der Waals surface area contributed by atoms with Crippen LogP contribution in [0.25, 0.3) is 0 Å². The van der Waals surface area contributed by atoms with Crippen LogP contribution in [-0.2, 0) is 9.53 Å². The van der Waals surface area contributed by atoms with Crippen molar-refractivity contribution in [3.05, 3.63) is 0 Å². The van der Waals surface area contributed by atoms with Crippen molar-refractivity contribution in [2.75, 3.05) is 0 Å². The van der Waals surface area contributed by atoms with Crippen molar-refractivity contribution < 1.29 is 14.3 Å². The number of carbonyl (C=O) groups excluding carboxylic acids is 2. The zero-order valence-electron chi connectivity index (χ0n) is 11.7. The number of hydrogen-bond acceptors (Lipinski definition) is 4. The predicted octanol–water partition coefficient (Wildman–Crippen LogP) is 1.76. The number of rotatable bonds is 2. The first-order chi connectivity index (χ1) is 8.49. The van der Waals surface area contributed by atoms with Gasteiger partial charge >= 0.3 is 6.09 Å². The zero-order valence-corrected chi connectivity index (χ0v) is 13.9. The molecular weight excluding hydrogens is 359 g/mol. The van der Waals surface area contributed by atoms with Gasteiger partial charge in [-0.1, -0.05) is 22.6 Å². The van der Waals surface area contributed by atoms with Crippen LogP contribution in [0.2, 0.25) is 0 Å². The molecule has 0 spiro atoms. The highest BCUT2D eigenvalue weighted by molar-refractivity contribution is 14.1. The third-order valence-electron chi connectivity index (χ3n) is 4.03. The molecule has 19 heavy (non-hydrogen) atoms. The molecule has 0 saturated heterocycles. The molecule has 2 fully saturated rings. The summed E-state index contributed by atoms with van der Waals surface area (Å²) in [5.41, 5.74) is 5.32. The molecule has 2 aliphatic carbocycles. The minimum absolute atomic E-state index is 0.0955. The van der Waals surface area contributed by atoms with Gasteiger partial charge in [-0.15, -0.1) is 0 Å². The number of nitrogens with one attached hydrogen (secondary N) is 1. The molecule has 108 valence electrons. The van der Waals surface area contributed by atoms with Crippen molar-refractivity contribution in [3.63, 3.8) is 0 Å². The highest BCUT2D eigenvalue weighted by atomic mass is 127. The number of carbonyl (C=O) groups is 2. The maximum atomic E-state index is 11.8. The predicted molar refractivity (Wildman–Crippen MR) is 80.2 cm³/mol. The van der Waals surface area contributed by atoms with Crippen molar-refractivity contribution in [3.8, 4) is 0 Å². The number of halogens is 1. The molecule has 6 heteroatoms. The van der Waals surface area contributed by atoms with Crippen LogP contribution in [0.4, 0.5) is 4.79 Å². The summed E-state index contributed by atoms with van der Waals surface area (Å²) in [6.45, 7) is 7.04. The summed E-state index contributed by atoms with van der Waals surface area (Å²) in [7, 11) is 0. The highest BCUT2D eigenvalue weighted by Crippen LogP contribution is 2.66. The highest BCUT2D eigenvalue weighted by Gasteiger charge is 2.76. The summed E-state index contributed by atoms with van der Waals surface area (Å²) in [5, 5.41) is 2.88. The van der Waals surface area contributed by atoms with Crippen LogP contribution in [0.1, 0.15) is 40.5 Å². The van der Waals surface area contributed by atoms with Crippen LogP contribution in [0.3, 0.4) is 0 Å². The topological polar surface area (TPSA) is 81.4 Å². The Labute approximate surface area is 127 Å². The fraction of sp³-hybridized carbons (Fsp3) is 0.846. The van der Waals surface area contributed by atoms with Gasteiger partial charge in [0.25, 0.3) is 0 Å². The SMILES string of the molecule is CC(=O)[C@H]1CC(NC(=O)OC(C)(C)C)[C@@]2(I)CC12N. The summed E-state index contributed by atoms with van der Waals surface area (Å²) in [5.74, 6) is -0.0566. The Morgan fingerprint density at radius 1 is 1.42 bits per heavy atom. The van der Waals surface area contributed by atoms with E-state index in [4.69, 9.17) is 10.5 Å². The lowest BCUT2D eigenvalue weighted by Gasteiger charge is -2.24. The minimum Gasteiger partial charge on any atom is -0.444 e. The van der Waals surface area contributed by atoms with E-state index in [9.17, 15) is 9.59 Å². The van der Waals surface area contributed by atoms with Crippen molar-refractivity contribution in [2.24, 2.45) is 11.7 Å². The van der Waals surface area contributed by atoms with Crippen LogP contribution in [0.5, 0.6) is 0 Å². The first kappa shape index (κ1) is 15.0. The number of Topliss-reactive ketones (excluding diaryl/α,β-unsaturated/α-hetero) is 1. The molecule has 0 bridgehead atoms. The summed E-state index contributed by atoms with van der Waals surface area (Å²) < 4.78 is 5.05. The Hall–Kier alpha value is -0.370. The van der Waals surface area contributed by atoms with Gasteiger partial charge in [-0.25, -0.2) is 4.79 Å². The van der Waals surface area contributed by atoms with E-state index < -0.39 is 17.2 Å². The number of fused-ring (bicyclic) bond motifs is 1. The van der Waals surface area contributed by atoms with E-state index in [1.54, 1.807) is 6.92 Å². The Bertz CT molecular complexity index is 434. The summed E-state index contributed by atoms with van der Waals surface area (Å²) in [4.78, 5) is 23.5. The molecule has 0 aromatic rings. The van der Waals surface area contributed by atoms with E-state index in [1.807, 2.05) is 20.8 Å². The molecule has 2 unspecified atom stereocenters. The Morgan fingerprint density at radius 2 is 2.00 bits per heavy atom. The normalized spacial score (nSPS) is 40.5. The molecule has 0 radical (unpaired) electrons. The van der Waals surface area contributed by atoms with Gasteiger partial charge in [0.15, 0.2) is 0 Å². The largest absolute Gasteiger partial charge is 0.444 e. The second kappa shape index (κ2) is 4.31. The maximum Gasteiger partial charge on any atom is 0.407 e. The fourth-order valence-electron chi connectivity index (χ4n) is 3.03. The summed E-state index contributed by atoms with van der Waals surface area (Å²) in [6, 6.07) is -0.0955. The van der Waals surface area contributed by atoms with Gasteiger partial charge in [0.05, 0.1) is 3.42 Å². The van der Waals surface area contributed by atoms with Gasteiger partial charge in [0.2, 0.25) is 0 Å². The number of nitrogens with two attached hydrogens (primary N) is 1. The van der Waals surface area contributed by atoms with Crippen LogP contribution in [-0.4, -0.2) is 32.5 Å². The summed E-state index contributed by atoms with van der Waals surface area (Å²) >= 11 is 2.29. The second-order valence-corrected chi connectivity index (χ2v) is 8.60. The van der Waals surface area contributed by atoms with Gasteiger partial charge in [0, 0.05) is 17.5 Å². The van der Waals surface area contributed by atoms with Crippen molar-refractivity contribution >= 4 is 34.5 Å². The Balaban J connectivity index is 2.04. The lowest BCUT2D eigenvalue weighted by Crippen LogP contribution is -2.44. The quantitative estimate of drug-likeness (QED) is 0.565. The minimum atomic E-state index is -0.523. The first-order valence-corrected chi connectivity index (χ1v) is 7.55. The third-order valence-corrected chi connectivity index (χ3v) is 6.16. The molecule has 2 rings (SSSR count). The van der Waals surface area contributed by atoms with E-state index in [1.165, 1.54) is 0 Å². The van der Waals surface area contributed by atoms with Crippen molar-refractivity contribution in [1.82, 2.24) is 5.32 Å². The standard InChI is InChI=1S/C13H21IN2O3/c1-7(17)8-5-9(12(14)6-13(8,12)15)16-10(18)19-11(2,3)4/h8-9H,5-6,15H2,1-4H3,(H,16,18)/t8-,9?,12+,13?/m1/s1. The average Bonchev–Trinajstić information content (AvgIpc) is 2.67. The molecule has 0 aromatic carbocycles. The second-order valence-electron chi connectivity index (χ2n) is 6.68. The number of ether oxygens (including phenoxy) is 1. The smallest absolute Gasteiger partial charge is 0.407 e. The van der Waals surface area contributed by atoms with Crippen molar-refractivity contribution in [2.45, 2.75) is 61.1 Å². The molecule has 0 aliphatic heterocycles. The molecular formula is C13H21IN2O3. The zero-order chi connectivity index (χ0) is 14.6. The van der Waals surface area contributed by atoms with Gasteiger partial charge in [-0.2, -0.15) is 0 Å². The Morgan fingerprint density at radius 3 is 2.42 bits per heavy atom. The number of alkyl halides is 1. The molecule has 5 nitrogen and oxygen atoms in total. The van der Waals surface area contributed by atoms with E-state index in [-0.39, 0.29) is 21.2 Å². The molecule has 0 heterocycles. The molecule has 2 aliphatic rings. The Kier molecular flexibility index (Phi) is 3.41. The first-order valence-electron chi connectivity index (χ1n) is 6.47. The van der Waals surface area contributed by atoms with Crippen molar-refractivity contribution in [1.29, 1.82) is 0 Å². The monoisotopic (exact) mass is 380 g/mol. The summed E-state index contributed by atoms with van der Waals surface area (Å²) in [6.07, 6.45) is 0.936. The lowest BCUT2D eigenvalue weighted by molar-refractivity contribution is -0.121. The average molecular weight is 380 g/mol. The molecule has 2 saturated carbocycles. The van der Waals surface area contributed by atoms with E-state index in [0.717, 1.165) is 6.42 Å². The van der Waals surface area contributed by atoms with Crippen LogP contribution < -0.4 is 11.1 Å².